The van der Waals surface area contributed by atoms with Crippen LogP contribution in [0.3, 0.4) is 0 Å². The number of Topliss-reactive ketones (excluding diaryl/α,β-unsaturated/α-hetero) is 2. The minimum atomic E-state index is -1.20. The number of nitrogens with two attached hydrogens (primary N) is 1. The average Bonchev–Trinajstić information content (AvgIpc) is 0.799. The number of rotatable bonds is 41. The molecule has 4 amide bonds. The number of hydrogen-bond donors (Lipinski definition) is 4. The van der Waals surface area contributed by atoms with Crippen LogP contribution in [0.25, 0.3) is 0 Å². The number of hydrogen-bond acceptors (Lipinski definition) is 20. The standard InChI is InChI=1S/C53H66I3N3O12.C33H48N2O7.3CH4/c1-11-33(49(63)59(34-17-20-36(66-8)21-18-34)44-25-22-37(67-9)31-46(44)68-10)15-13-12-14-16-35(60)19-24-42(50(64)70-52(2,3)4)57-48(62)43(58-51(65)71-53(5,6)7)29-32-27-40(55)47(41(56)28-32)69-38-23-26-45(61)39(54)30-38;1-8-23(12-10-9-11-13-25(36)16-20-28(34)32(38)42-33(2,3)4)31(37)35(24-14-17-26(39-5)18-15-24)29-21-19-27(40-6)22-30(29)41-7;;;/h17-18,20-23,25-28,30-31,33,42-43,61H,11-16,19,24,29H2,1-10H3,(H,57,62)(H,58,65);14-15,17-19,21-23,28H,8-13,16,20,34H2,1-7H3;3*1H4. The van der Waals surface area contributed by atoms with Crippen LogP contribution < -0.4 is 59.3 Å². The molecule has 0 aliphatic carbocycles. The number of methoxy groups -OCH3 is 6. The number of unbranched alkanes of at least 4 members (excludes halogenated alkanes) is 4. The van der Waals surface area contributed by atoms with Crippen molar-refractivity contribution in [2.24, 2.45) is 17.6 Å². The Morgan fingerprint density at radius 3 is 1.24 bits per heavy atom. The van der Waals surface area contributed by atoms with Crippen LogP contribution in [0.2, 0.25) is 0 Å². The molecule has 0 aliphatic heterocycles. The fourth-order valence-electron chi connectivity index (χ4n) is 12.0. The Hall–Kier alpha value is -8.17. The van der Waals surface area contributed by atoms with E-state index < -0.39 is 58.9 Å². The minimum Gasteiger partial charge on any atom is -0.507 e. The predicted octanol–water partition coefficient (Wildman–Crippen LogP) is 20.3. The number of anilines is 4. The van der Waals surface area contributed by atoms with Crippen LogP contribution in [0.15, 0.2) is 115 Å². The number of carbonyl (C=O) groups is 8. The molecular formula is C89H126I3N5O19. The molecule has 6 rings (SSSR count). The number of phenols is 1. The van der Waals surface area contributed by atoms with Gasteiger partial charge in [-0.15, -0.1) is 0 Å². The highest BCUT2D eigenvalue weighted by Crippen LogP contribution is 2.42. The topological polar surface area (TPSA) is 306 Å². The molecule has 0 aromatic heterocycles. The zero-order valence-electron chi connectivity index (χ0n) is 68.3. The maximum Gasteiger partial charge on any atom is 0.408 e. The molecule has 116 heavy (non-hydrogen) atoms. The van der Waals surface area contributed by atoms with Crippen LogP contribution in [-0.4, -0.2) is 130 Å². The number of nitrogens with zero attached hydrogens (tertiary/aromatic N) is 2. The van der Waals surface area contributed by atoms with Crippen molar-refractivity contribution in [3.8, 4) is 51.7 Å². The fourth-order valence-corrected chi connectivity index (χ4v) is 14.6. The van der Waals surface area contributed by atoms with Gasteiger partial charge in [0.1, 0.15) is 92.5 Å². The van der Waals surface area contributed by atoms with Gasteiger partial charge in [0, 0.05) is 67.4 Å². The fraction of sp³-hybridized carbons (Fsp3) is 0.506. The van der Waals surface area contributed by atoms with Crippen molar-refractivity contribution in [1.82, 2.24) is 10.6 Å². The molecule has 0 saturated heterocycles. The van der Waals surface area contributed by atoms with Gasteiger partial charge in [0.2, 0.25) is 17.7 Å². The molecule has 6 aromatic carbocycles. The van der Waals surface area contributed by atoms with E-state index in [1.165, 1.54) is 0 Å². The van der Waals surface area contributed by atoms with E-state index in [9.17, 15) is 43.5 Å². The molecule has 0 aliphatic rings. The van der Waals surface area contributed by atoms with E-state index in [-0.39, 0.29) is 102 Å². The first-order chi connectivity index (χ1) is 53.4. The van der Waals surface area contributed by atoms with Crippen molar-refractivity contribution in [1.29, 1.82) is 0 Å². The lowest BCUT2D eigenvalue weighted by atomic mass is 9.95. The number of phenolic OH excluding ortho intramolecular Hbond substituents is 1. The van der Waals surface area contributed by atoms with Crippen molar-refractivity contribution in [2.45, 2.75) is 243 Å². The highest BCUT2D eigenvalue weighted by molar-refractivity contribution is 14.1. The summed E-state index contributed by atoms with van der Waals surface area (Å²) in [5, 5.41) is 15.4. The number of benzene rings is 6. The van der Waals surface area contributed by atoms with Gasteiger partial charge in [0.15, 0.2) is 5.75 Å². The van der Waals surface area contributed by atoms with E-state index in [4.69, 9.17) is 53.1 Å². The number of aromatic hydroxyl groups is 1. The van der Waals surface area contributed by atoms with Gasteiger partial charge in [-0.3, -0.25) is 38.6 Å². The van der Waals surface area contributed by atoms with Crippen LogP contribution in [0, 0.1) is 22.5 Å². The van der Waals surface area contributed by atoms with E-state index in [0.717, 1.165) is 26.4 Å². The first-order valence-corrected chi connectivity index (χ1v) is 41.2. The second-order valence-electron chi connectivity index (χ2n) is 30.1. The highest BCUT2D eigenvalue weighted by Gasteiger charge is 2.35. The van der Waals surface area contributed by atoms with E-state index in [1.807, 2.05) is 91.0 Å². The Morgan fingerprint density at radius 2 is 0.845 bits per heavy atom. The Labute approximate surface area is 729 Å². The largest absolute Gasteiger partial charge is 0.507 e. The SMILES string of the molecule is C.C.C.CCC(CCCCCC(=O)CCC(N)C(=O)OC(C)(C)C)C(=O)N(c1ccc(OC)cc1)c1ccc(OC)cc1OC.CCC(CCCCCC(=O)CCC(NC(=O)C(Cc1cc(I)c(Oc2ccc(O)c(I)c2)c(I)c1)NC(=O)OC(C)(C)C)C(=O)OC(C)(C)C)C(=O)N(c1ccc(OC)cc1)c1ccc(OC)cc1OC. The maximum atomic E-state index is 14.4. The van der Waals surface area contributed by atoms with Gasteiger partial charge in [0.05, 0.1) is 64.7 Å². The van der Waals surface area contributed by atoms with Gasteiger partial charge in [-0.25, -0.2) is 9.59 Å². The van der Waals surface area contributed by atoms with Gasteiger partial charge in [-0.2, -0.15) is 0 Å². The van der Waals surface area contributed by atoms with Gasteiger partial charge < -0.3 is 68.8 Å². The summed E-state index contributed by atoms with van der Waals surface area (Å²) in [5.41, 5.74) is 6.79. The number of carbonyl (C=O) groups excluding carboxylic acids is 8. The molecule has 5 unspecified atom stereocenters. The number of amides is 4. The van der Waals surface area contributed by atoms with Crippen LogP contribution in [-0.2, 0) is 54.2 Å². The molecular weight excluding hydrogens is 1820 g/mol. The third kappa shape index (κ3) is 34.4. The monoisotopic (exact) mass is 1950 g/mol. The Bertz CT molecular complexity index is 4100. The first kappa shape index (κ1) is 104. The van der Waals surface area contributed by atoms with E-state index in [0.29, 0.717) is 129 Å². The summed E-state index contributed by atoms with van der Waals surface area (Å²) in [6, 6.07) is 30.7. The van der Waals surface area contributed by atoms with Gasteiger partial charge in [-0.1, -0.05) is 61.8 Å². The number of halogens is 3. The molecule has 24 nitrogen and oxygen atoms in total. The quantitative estimate of drug-likeness (QED) is 0.0120. The molecule has 6 aromatic rings. The number of nitrogens with one attached hydrogen (secondary N) is 2. The third-order valence-corrected chi connectivity index (χ3v) is 20.3. The van der Waals surface area contributed by atoms with Crippen LogP contribution in [0.5, 0.6) is 51.7 Å². The number of ketones is 2. The molecule has 27 heteroatoms. The van der Waals surface area contributed by atoms with Gasteiger partial charge in [0.25, 0.3) is 0 Å². The molecule has 0 saturated carbocycles. The summed E-state index contributed by atoms with van der Waals surface area (Å²) in [4.78, 5) is 111. The maximum absolute atomic E-state index is 14.4. The van der Waals surface area contributed by atoms with E-state index in [1.54, 1.807) is 175 Å². The van der Waals surface area contributed by atoms with Gasteiger partial charge >= 0.3 is 18.0 Å². The van der Waals surface area contributed by atoms with Crippen molar-refractivity contribution in [3.05, 3.63) is 132 Å². The summed E-state index contributed by atoms with van der Waals surface area (Å²) < 4.78 is 57.6. The number of esters is 2. The first-order valence-electron chi connectivity index (χ1n) is 38.0. The second-order valence-corrected chi connectivity index (χ2v) is 33.6. The zero-order chi connectivity index (χ0) is 83.9. The van der Waals surface area contributed by atoms with Crippen molar-refractivity contribution < 1.29 is 90.8 Å². The molecule has 5 atom stereocenters. The minimum absolute atomic E-state index is 0. The number of alkyl carbamates (subject to hydrolysis) is 1. The summed E-state index contributed by atoms with van der Waals surface area (Å²) in [7, 11) is 9.45. The molecule has 5 N–H and O–H groups in total. The van der Waals surface area contributed by atoms with Crippen LogP contribution in [0.4, 0.5) is 27.5 Å². The molecule has 0 heterocycles. The van der Waals surface area contributed by atoms with E-state index in [2.05, 4.69) is 55.8 Å². The van der Waals surface area contributed by atoms with Crippen LogP contribution >= 0.6 is 67.8 Å². The summed E-state index contributed by atoms with van der Waals surface area (Å²) in [6.45, 7) is 19.6. The lowest BCUT2D eigenvalue weighted by Gasteiger charge is -2.29. The molecule has 0 spiro atoms. The summed E-state index contributed by atoms with van der Waals surface area (Å²) in [5.74, 6) is 2.28. The second kappa shape index (κ2) is 50.6. The summed E-state index contributed by atoms with van der Waals surface area (Å²) >= 11 is 6.30. The summed E-state index contributed by atoms with van der Waals surface area (Å²) in [6.07, 6.45) is 7.20. The highest BCUT2D eigenvalue weighted by atomic mass is 127. The molecule has 0 fully saturated rings. The predicted molar refractivity (Wildman–Crippen MR) is 483 cm³/mol. The number of ether oxygens (including phenoxy) is 10. The van der Waals surface area contributed by atoms with Crippen molar-refractivity contribution in [2.75, 3.05) is 52.5 Å². The molecule has 0 bridgehead atoms. The Balaban J connectivity index is 0.000000868. The Morgan fingerprint density at radius 1 is 0.440 bits per heavy atom. The van der Waals surface area contributed by atoms with Crippen molar-refractivity contribution in [3.63, 3.8) is 0 Å². The normalized spacial score (nSPS) is 12.4. The smallest absolute Gasteiger partial charge is 0.408 e. The average molecular weight is 1950 g/mol. The lowest BCUT2D eigenvalue weighted by molar-refractivity contribution is -0.159. The third-order valence-electron chi connectivity index (χ3n) is 17.9. The lowest BCUT2D eigenvalue weighted by Crippen LogP contribution is -2.54. The zero-order valence-corrected chi connectivity index (χ0v) is 74.8. The van der Waals surface area contributed by atoms with Gasteiger partial charge in [-0.05, 0) is 290 Å². The van der Waals surface area contributed by atoms with Crippen LogP contribution in [0.1, 0.15) is 207 Å². The van der Waals surface area contributed by atoms with Crippen molar-refractivity contribution >= 4 is 138 Å². The Kier molecular flexibility index (Phi) is 45.3. The molecule has 642 valence electrons. The molecule has 0 radical (unpaired) electrons. The van der Waals surface area contributed by atoms with E-state index >= 15 is 0 Å².